The molecule has 1 aliphatic carbocycles. The zero-order chi connectivity index (χ0) is 14.3. The van der Waals surface area contributed by atoms with Gasteiger partial charge in [0.2, 0.25) is 5.88 Å². The molecular weight excluding hydrogens is 260 g/mol. The van der Waals surface area contributed by atoms with Crippen LogP contribution in [0.25, 0.3) is 6.08 Å². The Kier molecular flexibility index (Phi) is 4.64. The van der Waals surface area contributed by atoms with Gasteiger partial charge in [0.25, 0.3) is 0 Å². The molecule has 1 saturated carbocycles. The molecule has 0 bridgehead atoms. The van der Waals surface area contributed by atoms with E-state index in [2.05, 4.69) is 28.5 Å². The SMILES string of the molecule is C(=Cc1ccccc1)COc1cc(CNC2CC2)ccn1. The van der Waals surface area contributed by atoms with Gasteiger partial charge in [0.05, 0.1) is 0 Å². The van der Waals surface area contributed by atoms with Gasteiger partial charge in [0, 0.05) is 24.8 Å². The molecule has 2 aromatic rings. The summed E-state index contributed by atoms with van der Waals surface area (Å²) < 4.78 is 5.67. The van der Waals surface area contributed by atoms with Crippen molar-refractivity contribution in [2.75, 3.05) is 6.61 Å². The Bertz CT molecular complexity index is 591. The number of rotatable bonds is 7. The smallest absolute Gasteiger partial charge is 0.213 e. The summed E-state index contributed by atoms with van der Waals surface area (Å²) in [6.07, 6.45) is 8.47. The lowest BCUT2D eigenvalue weighted by molar-refractivity contribution is 0.348. The van der Waals surface area contributed by atoms with Gasteiger partial charge in [-0.1, -0.05) is 36.4 Å². The van der Waals surface area contributed by atoms with Crippen LogP contribution in [0.3, 0.4) is 0 Å². The van der Waals surface area contributed by atoms with Gasteiger partial charge in [-0.3, -0.25) is 0 Å². The van der Waals surface area contributed by atoms with Crippen LogP contribution in [0.2, 0.25) is 0 Å². The fourth-order valence-corrected chi connectivity index (χ4v) is 2.07. The first-order chi connectivity index (χ1) is 10.4. The Balaban J connectivity index is 1.48. The Morgan fingerprint density at radius 3 is 2.86 bits per heavy atom. The number of nitrogens with zero attached hydrogens (tertiary/aromatic N) is 1. The number of ether oxygens (including phenoxy) is 1. The highest BCUT2D eigenvalue weighted by atomic mass is 16.5. The molecule has 1 N–H and O–H groups in total. The Labute approximate surface area is 125 Å². The van der Waals surface area contributed by atoms with E-state index in [0.29, 0.717) is 12.5 Å². The van der Waals surface area contributed by atoms with E-state index in [-0.39, 0.29) is 0 Å². The number of hydrogen-bond donors (Lipinski definition) is 1. The first-order valence-electron chi connectivity index (χ1n) is 7.43. The van der Waals surface area contributed by atoms with Gasteiger partial charge in [0.15, 0.2) is 0 Å². The summed E-state index contributed by atoms with van der Waals surface area (Å²) in [5.41, 5.74) is 2.40. The molecule has 0 spiro atoms. The minimum absolute atomic E-state index is 0.529. The van der Waals surface area contributed by atoms with Gasteiger partial charge in [0.1, 0.15) is 6.61 Å². The molecule has 0 unspecified atom stereocenters. The van der Waals surface area contributed by atoms with Crippen molar-refractivity contribution in [3.8, 4) is 5.88 Å². The minimum atomic E-state index is 0.529. The highest BCUT2D eigenvalue weighted by Gasteiger charge is 2.19. The number of nitrogens with one attached hydrogen (secondary N) is 1. The second-order valence-electron chi connectivity index (χ2n) is 5.28. The molecule has 108 valence electrons. The maximum atomic E-state index is 5.67. The lowest BCUT2D eigenvalue weighted by Gasteiger charge is -2.06. The van der Waals surface area contributed by atoms with E-state index in [9.17, 15) is 0 Å². The van der Waals surface area contributed by atoms with E-state index >= 15 is 0 Å². The molecule has 3 nitrogen and oxygen atoms in total. The Morgan fingerprint density at radius 1 is 1.19 bits per heavy atom. The van der Waals surface area contributed by atoms with E-state index in [0.717, 1.165) is 12.6 Å². The summed E-state index contributed by atoms with van der Waals surface area (Å²) in [5.74, 6) is 0.683. The van der Waals surface area contributed by atoms with Gasteiger partial charge in [-0.15, -0.1) is 0 Å². The number of benzene rings is 1. The normalized spacial score (nSPS) is 14.5. The topological polar surface area (TPSA) is 34.1 Å². The fraction of sp³-hybridized carbons (Fsp3) is 0.278. The average molecular weight is 280 g/mol. The predicted molar refractivity (Wildman–Crippen MR) is 85.1 cm³/mol. The van der Waals surface area contributed by atoms with Crippen molar-refractivity contribution in [2.45, 2.75) is 25.4 Å². The summed E-state index contributed by atoms with van der Waals surface area (Å²) >= 11 is 0. The number of hydrogen-bond acceptors (Lipinski definition) is 3. The van der Waals surface area contributed by atoms with Crippen molar-refractivity contribution in [1.29, 1.82) is 0 Å². The van der Waals surface area contributed by atoms with E-state index in [1.807, 2.05) is 36.4 Å². The maximum absolute atomic E-state index is 5.67. The Morgan fingerprint density at radius 2 is 2.05 bits per heavy atom. The molecule has 1 aliphatic rings. The fourth-order valence-electron chi connectivity index (χ4n) is 2.07. The third-order valence-electron chi connectivity index (χ3n) is 3.41. The van der Waals surface area contributed by atoms with Crippen LogP contribution >= 0.6 is 0 Å². The molecule has 0 amide bonds. The number of aromatic nitrogens is 1. The Hall–Kier alpha value is -2.13. The molecule has 1 aromatic carbocycles. The van der Waals surface area contributed by atoms with Crippen LogP contribution in [0, 0.1) is 0 Å². The molecular formula is C18H20N2O. The van der Waals surface area contributed by atoms with Gasteiger partial charge in [-0.05, 0) is 36.1 Å². The molecule has 0 saturated heterocycles. The lowest BCUT2D eigenvalue weighted by atomic mass is 10.2. The zero-order valence-electron chi connectivity index (χ0n) is 12.0. The molecule has 3 heteroatoms. The molecule has 1 heterocycles. The second kappa shape index (κ2) is 7.04. The lowest BCUT2D eigenvalue weighted by Crippen LogP contribution is -2.15. The highest BCUT2D eigenvalue weighted by molar-refractivity contribution is 5.48. The molecule has 1 aromatic heterocycles. The van der Waals surface area contributed by atoms with Gasteiger partial charge >= 0.3 is 0 Å². The minimum Gasteiger partial charge on any atom is -0.473 e. The van der Waals surface area contributed by atoms with Gasteiger partial charge < -0.3 is 10.1 Å². The highest BCUT2D eigenvalue weighted by Crippen LogP contribution is 2.19. The van der Waals surface area contributed by atoms with Gasteiger partial charge in [-0.2, -0.15) is 0 Å². The number of pyridine rings is 1. The van der Waals surface area contributed by atoms with Crippen LogP contribution < -0.4 is 10.1 Å². The van der Waals surface area contributed by atoms with Crippen molar-refractivity contribution >= 4 is 6.08 Å². The van der Waals surface area contributed by atoms with Crippen molar-refractivity contribution in [1.82, 2.24) is 10.3 Å². The van der Waals surface area contributed by atoms with Crippen molar-refractivity contribution in [3.05, 3.63) is 65.9 Å². The van der Waals surface area contributed by atoms with E-state index < -0.39 is 0 Å². The average Bonchev–Trinajstić information content (AvgIpc) is 3.35. The van der Waals surface area contributed by atoms with Crippen molar-refractivity contribution in [2.24, 2.45) is 0 Å². The standard InChI is InChI=1S/C18H20N2O/c1-2-5-15(6-3-1)7-4-12-21-18-13-16(10-11-19-18)14-20-17-8-9-17/h1-7,10-11,13,17,20H,8-9,12,14H2. The van der Waals surface area contributed by atoms with E-state index in [4.69, 9.17) is 4.74 Å². The molecule has 0 aliphatic heterocycles. The van der Waals surface area contributed by atoms with Gasteiger partial charge in [-0.25, -0.2) is 4.98 Å². The van der Waals surface area contributed by atoms with Crippen LogP contribution in [0.4, 0.5) is 0 Å². The molecule has 0 radical (unpaired) electrons. The largest absolute Gasteiger partial charge is 0.473 e. The van der Waals surface area contributed by atoms with Crippen LogP contribution in [0.15, 0.2) is 54.7 Å². The zero-order valence-corrected chi connectivity index (χ0v) is 12.0. The summed E-state index contributed by atoms with van der Waals surface area (Å²) in [5, 5.41) is 3.49. The van der Waals surface area contributed by atoms with Crippen LogP contribution in [-0.2, 0) is 6.54 Å². The summed E-state index contributed by atoms with van der Waals surface area (Å²) in [7, 11) is 0. The van der Waals surface area contributed by atoms with Crippen LogP contribution in [0.1, 0.15) is 24.0 Å². The van der Waals surface area contributed by atoms with Crippen LogP contribution in [-0.4, -0.2) is 17.6 Å². The molecule has 1 fully saturated rings. The second-order valence-corrected chi connectivity index (χ2v) is 5.28. The van der Waals surface area contributed by atoms with E-state index in [1.165, 1.54) is 24.0 Å². The van der Waals surface area contributed by atoms with Crippen molar-refractivity contribution in [3.63, 3.8) is 0 Å². The summed E-state index contributed by atoms with van der Waals surface area (Å²) in [6.45, 7) is 1.42. The maximum Gasteiger partial charge on any atom is 0.213 e. The first-order valence-corrected chi connectivity index (χ1v) is 7.43. The molecule has 0 atom stereocenters. The third-order valence-corrected chi connectivity index (χ3v) is 3.41. The first kappa shape index (κ1) is 13.8. The summed E-state index contributed by atoms with van der Waals surface area (Å²) in [4.78, 5) is 4.24. The third kappa shape index (κ3) is 4.72. The van der Waals surface area contributed by atoms with Crippen LogP contribution in [0.5, 0.6) is 5.88 Å². The predicted octanol–water partition coefficient (Wildman–Crippen LogP) is 3.43. The quantitative estimate of drug-likeness (QED) is 0.843. The van der Waals surface area contributed by atoms with Crippen molar-refractivity contribution < 1.29 is 4.74 Å². The van der Waals surface area contributed by atoms with E-state index in [1.54, 1.807) is 6.20 Å². The monoisotopic (exact) mass is 280 g/mol. The summed E-state index contributed by atoms with van der Waals surface area (Å²) in [6, 6.07) is 15.0. The molecule has 21 heavy (non-hydrogen) atoms. The molecule has 3 rings (SSSR count).